The van der Waals surface area contributed by atoms with Crippen LogP contribution in [0, 0.1) is 6.92 Å². The maximum Gasteiger partial charge on any atom is 0.330 e. The minimum Gasteiger partial charge on any atom is -0.394 e. The van der Waals surface area contributed by atoms with Crippen LogP contribution in [0.4, 0.5) is 5.82 Å². The number of nitrogens with two attached hydrogens (primary N) is 1. The molecule has 206 valence electrons. The van der Waals surface area contributed by atoms with E-state index in [-0.39, 0.29) is 25.3 Å². The van der Waals surface area contributed by atoms with E-state index >= 15 is 0 Å². The first-order valence-electron chi connectivity index (χ1n) is 11.6. The number of fused-ring (bicyclic) bond motifs is 1. The number of nitrogens with zero attached hydrogens (tertiary/aromatic N) is 5. The van der Waals surface area contributed by atoms with Crippen LogP contribution < -0.4 is 17.0 Å². The predicted molar refractivity (Wildman–Crippen MR) is 133 cm³/mol. The summed E-state index contributed by atoms with van der Waals surface area (Å²) in [4.78, 5) is 49.0. The van der Waals surface area contributed by atoms with Gasteiger partial charge in [0.2, 0.25) is 0 Å². The minimum absolute atomic E-state index is 0.0479. The molecule has 3 aromatic rings. The number of H-pyrrole nitrogens is 1. The fraction of sp³-hybridized carbons (Fsp3) is 0.550. The van der Waals surface area contributed by atoms with Gasteiger partial charge in [0.05, 0.1) is 31.7 Å². The third kappa shape index (κ3) is 5.29. The number of rotatable bonds is 8. The number of nitrogen functional groups attached to an aromatic ring is 1. The summed E-state index contributed by atoms with van der Waals surface area (Å²) in [7, 11) is 0. The zero-order valence-corrected chi connectivity index (χ0v) is 21.7. The molecule has 2 aliphatic heterocycles. The van der Waals surface area contributed by atoms with Gasteiger partial charge in [-0.2, -0.15) is 0 Å². The Morgan fingerprint density at radius 1 is 1.21 bits per heavy atom. The number of hydrogen-bond donors (Lipinski definition) is 5. The van der Waals surface area contributed by atoms with Gasteiger partial charge in [-0.25, -0.2) is 19.7 Å². The van der Waals surface area contributed by atoms with Gasteiger partial charge in [-0.15, -0.1) is 0 Å². The summed E-state index contributed by atoms with van der Waals surface area (Å²) in [6, 6.07) is 0. The van der Waals surface area contributed by atoms with Gasteiger partial charge in [0.1, 0.15) is 36.5 Å². The predicted octanol–water partition coefficient (Wildman–Crippen LogP) is -1.19. The summed E-state index contributed by atoms with van der Waals surface area (Å²) in [5.41, 5.74) is 5.77. The number of anilines is 1. The number of aromatic amines is 1. The Bertz CT molecular complexity index is 1500. The monoisotopic (exact) mass is 571 g/mol. The number of aryl methyl sites for hydroxylation is 1. The van der Waals surface area contributed by atoms with Gasteiger partial charge >= 0.3 is 12.4 Å². The second-order valence-electron chi connectivity index (χ2n) is 8.95. The van der Waals surface area contributed by atoms with Gasteiger partial charge in [0, 0.05) is 24.6 Å². The first-order chi connectivity index (χ1) is 18.1. The van der Waals surface area contributed by atoms with E-state index in [0.717, 1.165) is 0 Å². The van der Waals surface area contributed by atoms with Crippen LogP contribution in [0.2, 0.25) is 0 Å². The van der Waals surface area contributed by atoms with Crippen LogP contribution in [-0.4, -0.2) is 81.8 Å². The molecule has 0 radical (unpaired) electrons. The highest BCUT2D eigenvalue weighted by Gasteiger charge is 2.42. The summed E-state index contributed by atoms with van der Waals surface area (Å²) in [5, 5.41) is 20.2. The second-order valence-corrected chi connectivity index (χ2v) is 11.7. The third-order valence-electron chi connectivity index (χ3n) is 6.39. The quantitative estimate of drug-likeness (QED) is 0.201. The number of ether oxygens (including phenoxy) is 2. The molecule has 2 fully saturated rings. The minimum atomic E-state index is -3.88. The van der Waals surface area contributed by atoms with Gasteiger partial charge < -0.3 is 39.4 Å². The Balaban J connectivity index is 1.22. The van der Waals surface area contributed by atoms with Crippen molar-refractivity contribution in [1.29, 1.82) is 0 Å². The first-order valence-corrected chi connectivity index (χ1v) is 14.2. The van der Waals surface area contributed by atoms with E-state index in [1.165, 1.54) is 30.3 Å². The molecule has 38 heavy (non-hydrogen) atoms. The van der Waals surface area contributed by atoms with Crippen LogP contribution in [0.1, 0.15) is 30.9 Å². The number of nitrogens with one attached hydrogen (secondary N) is 1. The van der Waals surface area contributed by atoms with Crippen molar-refractivity contribution in [3.63, 3.8) is 0 Å². The largest absolute Gasteiger partial charge is 0.394 e. The molecule has 5 heterocycles. The van der Waals surface area contributed by atoms with Crippen LogP contribution in [0.5, 0.6) is 0 Å². The molecular weight excluding hydrogens is 545 g/mol. The number of aromatic nitrogens is 6. The molecule has 0 spiro atoms. The Labute approximate surface area is 219 Å². The van der Waals surface area contributed by atoms with E-state index in [0.29, 0.717) is 16.7 Å². The van der Waals surface area contributed by atoms with Crippen molar-refractivity contribution < 1.29 is 33.6 Å². The van der Waals surface area contributed by atoms with Gasteiger partial charge in [-0.3, -0.25) is 18.9 Å². The number of aliphatic hydroxyl groups is 2. The van der Waals surface area contributed by atoms with Gasteiger partial charge in [0.25, 0.3) is 5.56 Å². The highest BCUT2D eigenvalue weighted by Crippen LogP contribution is 2.49. The Hall–Kier alpha value is -2.60. The lowest BCUT2D eigenvalue weighted by atomic mass is 10.2. The molecule has 2 aliphatic rings. The molecule has 0 amide bonds. The van der Waals surface area contributed by atoms with E-state index in [9.17, 15) is 24.7 Å². The molecule has 0 aliphatic carbocycles. The lowest BCUT2D eigenvalue weighted by molar-refractivity contribution is -0.0521. The van der Waals surface area contributed by atoms with Gasteiger partial charge in [-0.1, -0.05) is 0 Å². The average Bonchev–Trinajstić information content (AvgIpc) is 3.57. The highest BCUT2D eigenvalue weighted by molar-refractivity contribution is 8.07. The molecule has 18 heteroatoms. The number of imidazole rings is 1. The lowest BCUT2D eigenvalue weighted by Gasteiger charge is -2.24. The summed E-state index contributed by atoms with van der Waals surface area (Å²) >= 11 is 5.16. The smallest absolute Gasteiger partial charge is 0.330 e. The van der Waals surface area contributed by atoms with E-state index in [1.54, 1.807) is 4.57 Å². The second kappa shape index (κ2) is 10.5. The molecule has 6 N–H and O–H groups in total. The molecular formula is C20H26N7O9PS. The van der Waals surface area contributed by atoms with Crippen LogP contribution in [0.25, 0.3) is 11.2 Å². The Kier molecular flexibility index (Phi) is 7.47. The molecule has 0 saturated carbocycles. The van der Waals surface area contributed by atoms with Crippen LogP contribution in [0.15, 0.2) is 28.4 Å². The summed E-state index contributed by atoms with van der Waals surface area (Å²) in [5.74, 6) is 0.205. The van der Waals surface area contributed by atoms with Crippen molar-refractivity contribution in [3.8, 4) is 0 Å². The topological polar surface area (TPSA) is 222 Å². The van der Waals surface area contributed by atoms with Crippen LogP contribution in [-0.2, 0) is 30.3 Å². The number of aliphatic hydroxyl groups excluding tert-OH is 2. The zero-order chi connectivity index (χ0) is 27.2. The normalized spacial score (nSPS) is 29.2. The van der Waals surface area contributed by atoms with E-state index in [2.05, 4.69) is 19.9 Å². The van der Waals surface area contributed by atoms with Crippen molar-refractivity contribution in [1.82, 2.24) is 29.1 Å². The molecule has 1 unspecified atom stereocenters. The third-order valence-corrected chi connectivity index (χ3v) is 7.98. The Morgan fingerprint density at radius 2 is 1.95 bits per heavy atom. The van der Waals surface area contributed by atoms with Crippen LogP contribution in [0.3, 0.4) is 0 Å². The summed E-state index contributed by atoms with van der Waals surface area (Å²) < 4.78 is 25.5. The zero-order valence-electron chi connectivity index (χ0n) is 20.0. The first kappa shape index (κ1) is 27.0. The van der Waals surface area contributed by atoms with Crippen LogP contribution >= 0.6 is 6.72 Å². The number of hydrogen-bond acceptors (Lipinski definition) is 13. The summed E-state index contributed by atoms with van der Waals surface area (Å²) in [6.45, 7) is -3.09. The molecule has 5 rings (SSSR count). The maximum atomic E-state index is 12.2. The van der Waals surface area contributed by atoms with Crippen molar-refractivity contribution in [3.05, 3.63) is 45.3 Å². The SMILES string of the molecule is Cc1cn([C@H]2C[C@@H](O)[C@@H](COP(O)(=S)O[C@@H]3C[C@H](n4cnc5c(N)ncnc54)O[C@@H]3CO)O2)c(=O)[nH]c1=O. The van der Waals surface area contributed by atoms with E-state index in [4.69, 9.17) is 36.1 Å². The molecule has 0 aromatic carbocycles. The fourth-order valence-corrected chi connectivity index (χ4v) is 5.91. The van der Waals surface area contributed by atoms with E-state index < -0.39 is 61.4 Å². The summed E-state index contributed by atoms with van der Waals surface area (Å²) in [6.07, 6.45) is -0.787. The van der Waals surface area contributed by atoms with Crippen molar-refractivity contribution in [2.24, 2.45) is 0 Å². The molecule has 16 nitrogen and oxygen atoms in total. The van der Waals surface area contributed by atoms with Gasteiger partial charge in [-0.05, 0) is 18.7 Å². The highest BCUT2D eigenvalue weighted by atomic mass is 32.5. The van der Waals surface area contributed by atoms with Gasteiger partial charge in [0.15, 0.2) is 11.5 Å². The van der Waals surface area contributed by atoms with E-state index in [1.807, 2.05) is 0 Å². The standard InChI is InChI=1S/C20H26N7O9PS/c1-9-4-26(20(31)25-19(9)30)14-2-10(29)13(35-14)6-33-37(32,38)36-11-3-15(34-12(11)5-28)27-8-24-16-17(21)22-7-23-18(16)27/h4,7-8,10-15,28-29H,2-3,5-6H2,1H3,(H,32,38)(H2,21,22,23)(H,25,30,31)/t10-,11-,12-,13-,14-,15-,37?/m1/s1. The lowest BCUT2D eigenvalue weighted by Crippen LogP contribution is -2.33. The Morgan fingerprint density at radius 3 is 2.71 bits per heavy atom. The molecule has 7 atom stereocenters. The average molecular weight is 572 g/mol. The molecule has 0 bridgehead atoms. The maximum absolute atomic E-state index is 12.2. The molecule has 3 aromatic heterocycles. The molecule has 2 saturated heterocycles. The van der Waals surface area contributed by atoms with Crippen molar-refractivity contribution in [2.45, 2.75) is 56.6 Å². The fourth-order valence-electron chi connectivity index (χ4n) is 4.43. The van der Waals surface area contributed by atoms with Crippen molar-refractivity contribution >= 4 is 35.5 Å². The van der Waals surface area contributed by atoms with Crippen molar-refractivity contribution in [2.75, 3.05) is 18.9 Å².